The van der Waals surface area contributed by atoms with Crippen LogP contribution in [0, 0.1) is 6.92 Å². The molecule has 0 atom stereocenters. The van der Waals surface area contributed by atoms with Crippen LogP contribution in [0.4, 0.5) is 0 Å². The molecule has 0 heterocycles. The highest BCUT2D eigenvalue weighted by molar-refractivity contribution is 7.86. The Morgan fingerprint density at radius 1 is 1.32 bits per heavy atom. The topological polar surface area (TPSA) is 63.6 Å². The van der Waals surface area contributed by atoms with Crippen LogP contribution in [0.15, 0.2) is 23.1 Å². The molecule has 106 valence electrons. The molecular formula is C14H20O4S. The maximum Gasteiger partial charge on any atom is 0.297 e. The van der Waals surface area contributed by atoms with Crippen molar-refractivity contribution in [2.45, 2.75) is 56.6 Å². The highest BCUT2D eigenvalue weighted by Gasteiger charge is 2.28. The van der Waals surface area contributed by atoms with Crippen molar-refractivity contribution >= 4 is 10.1 Å². The number of rotatable bonds is 4. The Hall–Kier alpha value is -0.910. The van der Waals surface area contributed by atoms with Crippen molar-refractivity contribution in [3.05, 3.63) is 29.3 Å². The molecule has 1 saturated carbocycles. The average Bonchev–Trinajstić information content (AvgIpc) is 2.22. The monoisotopic (exact) mass is 284 g/mol. The van der Waals surface area contributed by atoms with Crippen LogP contribution in [0.25, 0.3) is 0 Å². The van der Waals surface area contributed by atoms with E-state index in [4.69, 9.17) is 4.18 Å². The van der Waals surface area contributed by atoms with Gasteiger partial charge in [0, 0.05) is 0 Å². The quantitative estimate of drug-likeness (QED) is 0.863. The Labute approximate surface area is 114 Å². The highest BCUT2D eigenvalue weighted by atomic mass is 32.2. The highest BCUT2D eigenvalue weighted by Crippen LogP contribution is 2.30. The minimum atomic E-state index is -3.73. The van der Waals surface area contributed by atoms with Gasteiger partial charge in [-0.2, -0.15) is 8.42 Å². The van der Waals surface area contributed by atoms with Crippen molar-refractivity contribution < 1.29 is 17.7 Å². The molecule has 19 heavy (non-hydrogen) atoms. The summed E-state index contributed by atoms with van der Waals surface area (Å²) in [7, 11) is -3.73. The lowest BCUT2D eigenvalue weighted by Crippen LogP contribution is -2.25. The van der Waals surface area contributed by atoms with Gasteiger partial charge in [-0.1, -0.05) is 6.07 Å². The summed E-state index contributed by atoms with van der Waals surface area (Å²) < 4.78 is 29.4. The third-order valence-electron chi connectivity index (χ3n) is 3.47. The maximum absolute atomic E-state index is 12.1. The first-order chi connectivity index (χ1) is 8.70. The third kappa shape index (κ3) is 3.16. The predicted octanol–water partition coefficient (Wildman–Crippen LogP) is 2.48. The molecule has 0 amide bonds. The summed E-state index contributed by atoms with van der Waals surface area (Å²) in [6.07, 6.45) is 2.42. The van der Waals surface area contributed by atoms with Gasteiger partial charge in [-0.3, -0.25) is 4.18 Å². The minimum Gasteiger partial charge on any atom is -0.386 e. The van der Waals surface area contributed by atoms with E-state index in [1.165, 1.54) is 12.1 Å². The Kier molecular flexibility index (Phi) is 3.73. The fraction of sp³-hybridized carbons (Fsp3) is 0.571. The van der Waals surface area contributed by atoms with Gasteiger partial charge in [-0.05, 0) is 63.3 Å². The Bertz CT molecular complexity index is 566. The van der Waals surface area contributed by atoms with Crippen LogP contribution in [0.3, 0.4) is 0 Å². The molecule has 4 nitrogen and oxygen atoms in total. The van der Waals surface area contributed by atoms with Gasteiger partial charge in [0.2, 0.25) is 0 Å². The Morgan fingerprint density at radius 3 is 2.42 bits per heavy atom. The molecule has 2 rings (SSSR count). The molecule has 1 aromatic rings. The van der Waals surface area contributed by atoms with Crippen LogP contribution in [-0.2, 0) is 19.9 Å². The lowest BCUT2D eigenvalue weighted by molar-refractivity contribution is 0.0776. The molecule has 0 saturated heterocycles. The number of hydrogen-bond acceptors (Lipinski definition) is 4. The summed E-state index contributed by atoms with van der Waals surface area (Å²) in [5.41, 5.74) is 0.382. The van der Waals surface area contributed by atoms with Crippen LogP contribution >= 0.6 is 0 Å². The molecule has 0 bridgehead atoms. The van der Waals surface area contributed by atoms with Gasteiger partial charge in [-0.15, -0.1) is 0 Å². The molecule has 0 aliphatic heterocycles. The van der Waals surface area contributed by atoms with Crippen molar-refractivity contribution in [3.8, 4) is 0 Å². The molecule has 1 N–H and O–H groups in total. The molecule has 0 unspecified atom stereocenters. The standard InChI is InChI=1S/C14H20O4S/c1-10-7-8-12(9-13(10)14(2,3)15)19(16,17)18-11-5-4-6-11/h7-9,11,15H,4-6H2,1-3H3. The number of aryl methyl sites for hydroxylation is 1. The maximum atomic E-state index is 12.1. The lowest BCUT2D eigenvalue weighted by atomic mass is 9.94. The van der Waals surface area contributed by atoms with E-state index in [-0.39, 0.29) is 11.0 Å². The van der Waals surface area contributed by atoms with E-state index in [2.05, 4.69) is 0 Å². The molecule has 1 aliphatic rings. The summed E-state index contributed by atoms with van der Waals surface area (Å²) in [6, 6.07) is 4.73. The summed E-state index contributed by atoms with van der Waals surface area (Å²) >= 11 is 0. The van der Waals surface area contributed by atoms with Crippen LogP contribution in [0.5, 0.6) is 0 Å². The van der Waals surface area contributed by atoms with Gasteiger partial charge < -0.3 is 5.11 Å². The van der Waals surface area contributed by atoms with E-state index in [9.17, 15) is 13.5 Å². The summed E-state index contributed by atoms with van der Waals surface area (Å²) in [5.74, 6) is 0. The largest absolute Gasteiger partial charge is 0.386 e. The second-order valence-electron chi connectivity index (χ2n) is 5.64. The first-order valence-electron chi connectivity index (χ1n) is 6.47. The molecular weight excluding hydrogens is 264 g/mol. The van der Waals surface area contributed by atoms with Crippen molar-refractivity contribution in [2.24, 2.45) is 0 Å². The van der Waals surface area contributed by atoms with Crippen molar-refractivity contribution in [2.75, 3.05) is 0 Å². The smallest absolute Gasteiger partial charge is 0.297 e. The van der Waals surface area contributed by atoms with Crippen molar-refractivity contribution in [1.82, 2.24) is 0 Å². The lowest BCUT2D eigenvalue weighted by Gasteiger charge is -2.25. The fourth-order valence-electron chi connectivity index (χ4n) is 2.12. The van der Waals surface area contributed by atoms with E-state index in [1.54, 1.807) is 19.9 Å². The van der Waals surface area contributed by atoms with Gasteiger partial charge in [0.15, 0.2) is 0 Å². The minimum absolute atomic E-state index is 0.113. The van der Waals surface area contributed by atoms with Crippen LogP contribution in [0.1, 0.15) is 44.2 Å². The van der Waals surface area contributed by atoms with Gasteiger partial charge in [-0.25, -0.2) is 0 Å². The molecule has 0 spiro atoms. The molecule has 1 aromatic carbocycles. The van der Waals surface area contributed by atoms with Crippen LogP contribution < -0.4 is 0 Å². The zero-order valence-corrected chi connectivity index (χ0v) is 12.3. The fourth-order valence-corrected chi connectivity index (χ4v) is 3.28. The predicted molar refractivity (Wildman–Crippen MR) is 72.3 cm³/mol. The van der Waals surface area contributed by atoms with E-state index in [0.29, 0.717) is 5.56 Å². The van der Waals surface area contributed by atoms with Crippen molar-refractivity contribution in [3.63, 3.8) is 0 Å². The van der Waals surface area contributed by atoms with Gasteiger partial charge >= 0.3 is 0 Å². The van der Waals surface area contributed by atoms with Crippen LogP contribution in [-0.4, -0.2) is 19.6 Å². The number of hydrogen-bond donors (Lipinski definition) is 1. The number of benzene rings is 1. The summed E-state index contributed by atoms with van der Waals surface area (Å²) in [5, 5.41) is 10.1. The van der Waals surface area contributed by atoms with Crippen LogP contribution in [0.2, 0.25) is 0 Å². The zero-order chi connectivity index (χ0) is 14.3. The number of aliphatic hydroxyl groups is 1. The van der Waals surface area contributed by atoms with E-state index >= 15 is 0 Å². The van der Waals surface area contributed by atoms with E-state index in [1.807, 2.05) is 6.92 Å². The molecule has 1 fully saturated rings. The second-order valence-corrected chi connectivity index (χ2v) is 7.21. The van der Waals surface area contributed by atoms with Crippen molar-refractivity contribution in [1.29, 1.82) is 0 Å². The summed E-state index contributed by atoms with van der Waals surface area (Å²) in [6.45, 7) is 5.12. The SMILES string of the molecule is Cc1ccc(S(=O)(=O)OC2CCC2)cc1C(C)(C)O. The molecule has 1 aliphatic carbocycles. The first kappa shape index (κ1) is 14.5. The Balaban J connectivity index is 2.34. The first-order valence-corrected chi connectivity index (χ1v) is 7.88. The summed E-state index contributed by atoms with van der Waals surface area (Å²) in [4.78, 5) is 0.113. The average molecular weight is 284 g/mol. The molecule has 0 radical (unpaired) electrons. The van der Waals surface area contributed by atoms with E-state index < -0.39 is 15.7 Å². The Morgan fingerprint density at radius 2 is 1.95 bits per heavy atom. The second kappa shape index (κ2) is 4.89. The molecule has 0 aromatic heterocycles. The van der Waals surface area contributed by atoms with Gasteiger partial charge in [0.05, 0.1) is 16.6 Å². The molecule has 5 heteroatoms. The van der Waals surface area contributed by atoms with Gasteiger partial charge in [0.1, 0.15) is 0 Å². The van der Waals surface area contributed by atoms with Gasteiger partial charge in [0.25, 0.3) is 10.1 Å². The van der Waals surface area contributed by atoms with E-state index in [0.717, 1.165) is 24.8 Å². The normalized spacial score (nSPS) is 17.3. The zero-order valence-electron chi connectivity index (χ0n) is 11.5. The third-order valence-corrected chi connectivity index (χ3v) is 4.83.